The van der Waals surface area contributed by atoms with Crippen molar-refractivity contribution in [1.82, 2.24) is 0 Å². The number of carbonyl (C=O) groups is 3. The maximum atomic E-state index is 13.4. The predicted molar refractivity (Wildman–Crippen MR) is 119 cm³/mol. The van der Waals surface area contributed by atoms with Crippen LogP contribution in [0.25, 0.3) is 0 Å². The molecule has 2 aliphatic rings. The lowest BCUT2D eigenvalue weighted by molar-refractivity contribution is -0.121. The topological polar surface area (TPSA) is 63.7 Å². The Bertz CT molecular complexity index is 1050. The van der Waals surface area contributed by atoms with Gasteiger partial charge in [0, 0.05) is 35.7 Å². The molecule has 0 saturated heterocycles. The van der Waals surface area contributed by atoms with Crippen LogP contribution in [0.3, 0.4) is 0 Å². The van der Waals surface area contributed by atoms with E-state index in [1.807, 2.05) is 30.3 Å². The summed E-state index contributed by atoms with van der Waals surface area (Å²) in [7, 11) is 0. The number of carbonyl (C=O) groups excluding carboxylic acids is 3. The van der Waals surface area contributed by atoms with Crippen LogP contribution in [0.4, 0.5) is 5.69 Å². The van der Waals surface area contributed by atoms with Crippen LogP contribution >= 0.6 is 0 Å². The minimum Gasteiger partial charge on any atom is -0.462 e. The van der Waals surface area contributed by atoms with Crippen LogP contribution in [-0.2, 0) is 14.3 Å². The first-order chi connectivity index (χ1) is 14.8. The number of amides is 1. The van der Waals surface area contributed by atoms with E-state index >= 15 is 0 Å². The summed E-state index contributed by atoms with van der Waals surface area (Å²) in [5, 5.41) is 0. The zero-order valence-corrected chi connectivity index (χ0v) is 18.2. The highest BCUT2D eigenvalue weighted by Gasteiger charge is 2.44. The quantitative estimate of drug-likeness (QED) is 0.655. The van der Waals surface area contributed by atoms with Gasteiger partial charge in [-0.05, 0) is 48.6 Å². The van der Waals surface area contributed by atoms with Crippen molar-refractivity contribution in [2.75, 3.05) is 11.5 Å². The monoisotopic (exact) mass is 417 g/mol. The first kappa shape index (κ1) is 21.0. The fraction of sp³-hybridized carbons (Fsp3) is 0.346. The van der Waals surface area contributed by atoms with Crippen molar-refractivity contribution in [2.24, 2.45) is 5.41 Å². The average Bonchev–Trinajstić information content (AvgIpc) is 2.73. The van der Waals surface area contributed by atoms with Gasteiger partial charge < -0.3 is 4.74 Å². The molecule has 1 heterocycles. The third kappa shape index (κ3) is 4.05. The molecule has 0 bridgehead atoms. The summed E-state index contributed by atoms with van der Waals surface area (Å²) < 4.78 is 5.05. The van der Waals surface area contributed by atoms with Crippen LogP contribution in [0, 0.1) is 5.41 Å². The van der Waals surface area contributed by atoms with Crippen molar-refractivity contribution >= 4 is 23.3 Å². The van der Waals surface area contributed by atoms with E-state index in [-0.39, 0.29) is 29.4 Å². The lowest BCUT2D eigenvalue weighted by Gasteiger charge is -2.43. The number of hydrogen-bond donors (Lipinski definition) is 0. The van der Waals surface area contributed by atoms with Gasteiger partial charge in [-0.1, -0.05) is 44.2 Å². The van der Waals surface area contributed by atoms with Gasteiger partial charge in [-0.2, -0.15) is 0 Å². The molecule has 1 amide bonds. The molecule has 0 aromatic heterocycles. The Balaban J connectivity index is 1.79. The Labute approximate surface area is 182 Å². The number of ether oxygens (including phenoxy) is 1. The standard InChI is InChI=1S/C26H27NO4/c1-4-31-25(30)18-10-12-19(13-11-18)27-21-15-26(2,3)16-22(28)24(21)20(14-23(27)29)17-8-6-5-7-9-17/h5-13,20H,4,14-16H2,1-3H3/t20-/m1/s1. The van der Waals surface area contributed by atoms with Gasteiger partial charge in [0.1, 0.15) is 0 Å². The maximum absolute atomic E-state index is 13.4. The third-order valence-electron chi connectivity index (χ3n) is 5.98. The highest BCUT2D eigenvalue weighted by atomic mass is 16.5. The molecule has 0 saturated carbocycles. The van der Waals surface area contributed by atoms with Gasteiger partial charge in [0.05, 0.1) is 12.2 Å². The number of allylic oxidation sites excluding steroid dienone is 2. The van der Waals surface area contributed by atoms with Gasteiger partial charge in [-0.15, -0.1) is 0 Å². The Hall–Kier alpha value is -3.21. The number of Topliss-reactive ketones (excluding diaryl/α,β-unsaturated/α-hetero) is 1. The van der Waals surface area contributed by atoms with Crippen LogP contribution < -0.4 is 4.90 Å². The Morgan fingerprint density at radius 1 is 1.03 bits per heavy atom. The summed E-state index contributed by atoms with van der Waals surface area (Å²) in [5.41, 5.74) is 3.41. The van der Waals surface area contributed by atoms with Crippen LogP contribution in [-0.4, -0.2) is 24.3 Å². The predicted octanol–water partition coefficient (Wildman–Crippen LogP) is 5.03. The van der Waals surface area contributed by atoms with E-state index in [2.05, 4.69) is 13.8 Å². The number of benzene rings is 2. The molecule has 2 aromatic carbocycles. The van der Waals surface area contributed by atoms with Gasteiger partial charge in [-0.25, -0.2) is 4.79 Å². The molecule has 1 aliphatic heterocycles. The van der Waals surface area contributed by atoms with Gasteiger partial charge in [-0.3, -0.25) is 14.5 Å². The number of hydrogen-bond acceptors (Lipinski definition) is 4. The molecule has 1 aliphatic carbocycles. The average molecular weight is 418 g/mol. The largest absolute Gasteiger partial charge is 0.462 e. The smallest absolute Gasteiger partial charge is 0.338 e. The number of nitrogens with zero attached hydrogens (tertiary/aromatic N) is 1. The summed E-state index contributed by atoms with van der Waals surface area (Å²) in [6, 6.07) is 16.6. The van der Waals surface area contributed by atoms with Crippen molar-refractivity contribution in [3.05, 3.63) is 77.0 Å². The summed E-state index contributed by atoms with van der Waals surface area (Å²) in [5.74, 6) is -0.540. The summed E-state index contributed by atoms with van der Waals surface area (Å²) in [6.45, 7) is 6.19. The highest BCUT2D eigenvalue weighted by molar-refractivity contribution is 6.08. The summed E-state index contributed by atoms with van der Waals surface area (Å²) in [6.07, 6.45) is 1.36. The Morgan fingerprint density at radius 3 is 2.35 bits per heavy atom. The van der Waals surface area contributed by atoms with Gasteiger partial charge in [0.15, 0.2) is 5.78 Å². The zero-order valence-electron chi connectivity index (χ0n) is 18.2. The van der Waals surface area contributed by atoms with Gasteiger partial charge in [0.25, 0.3) is 0 Å². The van der Waals surface area contributed by atoms with E-state index < -0.39 is 5.97 Å². The van der Waals surface area contributed by atoms with Crippen molar-refractivity contribution < 1.29 is 19.1 Å². The minimum atomic E-state index is -0.392. The molecular formula is C26H27NO4. The Morgan fingerprint density at radius 2 is 1.71 bits per heavy atom. The second-order valence-corrected chi connectivity index (χ2v) is 8.97. The highest BCUT2D eigenvalue weighted by Crippen LogP contribution is 2.48. The van der Waals surface area contributed by atoms with Gasteiger partial charge >= 0.3 is 5.97 Å². The summed E-state index contributed by atoms with van der Waals surface area (Å²) in [4.78, 5) is 40.3. The minimum absolute atomic E-state index is 0.0398. The molecule has 2 aromatic rings. The van der Waals surface area contributed by atoms with Crippen molar-refractivity contribution in [3.63, 3.8) is 0 Å². The van der Waals surface area contributed by atoms with Crippen LogP contribution in [0.2, 0.25) is 0 Å². The molecule has 160 valence electrons. The number of anilines is 1. The SMILES string of the molecule is CCOC(=O)c1ccc(N2C(=O)C[C@H](c3ccccc3)C3=C2CC(C)(C)CC3=O)cc1. The third-order valence-corrected chi connectivity index (χ3v) is 5.98. The second kappa shape index (κ2) is 8.14. The first-order valence-electron chi connectivity index (χ1n) is 10.7. The number of rotatable bonds is 4. The van der Waals surface area contributed by atoms with Crippen molar-refractivity contribution in [1.29, 1.82) is 0 Å². The normalized spacial score (nSPS) is 20.5. The van der Waals surface area contributed by atoms with E-state index in [1.54, 1.807) is 36.1 Å². The molecule has 31 heavy (non-hydrogen) atoms. The fourth-order valence-electron chi connectivity index (χ4n) is 4.65. The van der Waals surface area contributed by atoms with E-state index in [9.17, 15) is 14.4 Å². The van der Waals surface area contributed by atoms with Gasteiger partial charge in [0.2, 0.25) is 5.91 Å². The first-order valence-corrected chi connectivity index (χ1v) is 10.7. The molecule has 0 spiro atoms. The van der Waals surface area contributed by atoms with Crippen LogP contribution in [0.15, 0.2) is 65.9 Å². The van der Waals surface area contributed by atoms with Crippen molar-refractivity contribution in [2.45, 2.75) is 46.0 Å². The number of ketones is 1. The van der Waals surface area contributed by atoms with Crippen LogP contribution in [0.1, 0.15) is 61.9 Å². The van der Waals surface area contributed by atoms with E-state index in [0.717, 1.165) is 16.8 Å². The lowest BCUT2D eigenvalue weighted by atomic mass is 9.69. The van der Waals surface area contributed by atoms with Crippen LogP contribution in [0.5, 0.6) is 0 Å². The lowest BCUT2D eigenvalue weighted by Crippen LogP contribution is -2.43. The maximum Gasteiger partial charge on any atom is 0.338 e. The molecule has 0 fully saturated rings. The molecule has 5 nitrogen and oxygen atoms in total. The zero-order chi connectivity index (χ0) is 22.2. The second-order valence-electron chi connectivity index (χ2n) is 8.97. The van der Waals surface area contributed by atoms with Crippen molar-refractivity contribution in [3.8, 4) is 0 Å². The van der Waals surface area contributed by atoms with E-state index in [4.69, 9.17) is 4.74 Å². The molecule has 0 radical (unpaired) electrons. The molecule has 0 N–H and O–H groups in total. The summed E-state index contributed by atoms with van der Waals surface area (Å²) >= 11 is 0. The van der Waals surface area contributed by atoms with E-state index in [1.165, 1.54) is 0 Å². The molecule has 5 heteroatoms. The molecule has 4 rings (SSSR count). The molecule has 0 unspecified atom stereocenters. The molecular weight excluding hydrogens is 390 g/mol. The van der Waals surface area contributed by atoms with E-state index in [0.29, 0.717) is 30.7 Å². The Kier molecular flexibility index (Phi) is 5.52. The molecule has 1 atom stereocenters. The fourth-order valence-corrected chi connectivity index (χ4v) is 4.65. The number of esters is 1.